The molecule has 1 N–H and O–H groups in total. The topological polar surface area (TPSA) is 24.4 Å². The van der Waals surface area contributed by atoms with Gasteiger partial charge in [0.25, 0.3) is 0 Å². The third-order valence-corrected chi connectivity index (χ3v) is 5.13. The minimum absolute atomic E-state index is 0.240. The fraction of sp³-hybridized carbons (Fsp3) is 0.500. The molecule has 1 aromatic rings. The number of nitrogens with one attached hydrogen (secondary N) is 1. The molecule has 0 spiro atoms. The van der Waals surface area contributed by atoms with Gasteiger partial charge in [-0.25, -0.2) is 0 Å². The Morgan fingerprint density at radius 2 is 2.06 bits per heavy atom. The van der Waals surface area contributed by atoms with Crippen LogP contribution in [0, 0.1) is 0 Å². The highest BCUT2D eigenvalue weighted by atomic mass is 35.5. The molecule has 98 valence electrons. The predicted molar refractivity (Wildman–Crippen MR) is 81.5 cm³/mol. The van der Waals surface area contributed by atoms with Crippen LogP contribution < -0.4 is 5.32 Å². The minimum Gasteiger partial charge on any atom is -0.359 e. The van der Waals surface area contributed by atoms with Crippen molar-refractivity contribution in [3.63, 3.8) is 0 Å². The van der Waals surface area contributed by atoms with Gasteiger partial charge in [-0.2, -0.15) is 0 Å². The van der Waals surface area contributed by atoms with E-state index >= 15 is 0 Å². The van der Waals surface area contributed by atoms with Crippen molar-refractivity contribution >= 4 is 28.5 Å². The lowest BCUT2D eigenvalue weighted by atomic mass is 9.96. The summed E-state index contributed by atoms with van der Waals surface area (Å²) in [7, 11) is 0. The molecule has 18 heavy (non-hydrogen) atoms. The zero-order valence-electron chi connectivity index (χ0n) is 10.9. The van der Waals surface area contributed by atoms with Crippen molar-refractivity contribution < 1.29 is 0 Å². The molecule has 0 radical (unpaired) electrons. The number of thioether (sulfide) groups is 1. The summed E-state index contributed by atoms with van der Waals surface area (Å²) in [6.07, 6.45) is 2.28. The zero-order chi connectivity index (χ0) is 13.0. The molecule has 0 atom stereocenters. The minimum atomic E-state index is 0.240. The summed E-state index contributed by atoms with van der Waals surface area (Å²) < 4.78 is 0. The van der Waals surface area contributed by atoms with E-state index in [-0.39, 0.29) is 5.54 Å². The van der Waals surface area contributed by atoms with Gasteiger partial charge in [-0.15, -0.1) is 0 Å². The van der Waals surface area contributed by atoms with Crippen LogP contribution in [0.4, 0.5) is 0 Å². The first-order valence-electron chi connectivity index (χ1n) is 6.38. The maximum atomic E-state index is 6.12. The van der Waals surface area contributed by atoms with Crippen LogP contribution in [0.5, 0.6) is 0 Å². The molecule has 0 aliphatic carbocycles. The molecule has 2 nitrogen and oxygen atoms in total. The second kappa shape index (κ2) is 5.98. The summed E-state index contributed by atoms with van der Waals surface area (Å²) in [5.41, 5.74) is 1.32. The number of halogens is 1. The molecule has 1 aliphatic heterocycles. The van der Waals surface area contributed by atoms with Crippen LogP contribution in [0.3, 0.4) is 0 Å². The molecule has 1 saturated heterocycles. The summed E-state index contributed by atoms with van der Waals surface area (Å²) in [6.45, 7) is 5.11. The SMILES string of the molecule is CCC1(CC)CSC(=NCc2ccccc2Cl)N1. The molecule has 0 amide bonds. The molecule has 1 heterocycles. The lowest BCUT2D eigenvalue weighted by molar-refractivity contribution is 0.407. The molecule has 4 heteroatoms. The Hall–Kier alpha value is -0.670. The second-order valence-electron chi connectivity index (χ2n) is 4.61. The summed E-state index contributed by atoms with van der Waals surface area (Å²) in [5, 5.41) is 5.41. The van der Waals surface area contributed by atoms with Crippen LogP contribution in [0.2, 0.25) is 5.02 Å². The number of nitrogens with zero attached hydrogens (tertiary/aromatic N) is 1. The Balaban J connectivity index is 2.02. The smallest absolute Gasteiger partial charge is 0.157 e. The molecule has 1 aliphatic rings. The molecule has 0 saturated carbocycles. The molecule has 1 aromatic carbocycles. The fourth-order valence-electron chi connectivity index (χ4n) is 2.01. The second-order valence-corrected chi connectivity index (χ2v) is 5.99. The number of rotatable bonds is 4. The lowest BCUT2D eigenvalue weighted by Crippen LogP contribution is -2.42. The predicted octanol–water partition coefficient (Wildman–Crippen LogP) is 4.09. The number of benzene rings is 1. The summed E-state index contributed by atoms with van der Waals surface area (Å²) in [4.78, 5) is 4.63. The molecule has 2 rings (SSSR count). The van der Waals surface area contributed by atoms with Crippen molar-refractivity contribution in [2.75, 3.05) is 5.75 Å². The average molecular weight is 283 g/mol. The quantitative estimate of drug-likeness (QED) is 0.899. The molecule has 1 fully saturated rings. The standard InChI is InChI=1S/C14H19ClN2S/c1-3-14(4-2)10-18-13(17-14)16-9-11-7-5-6-8-12(11)15/h5-8H,3-4,9-10H2,1-2H3,(H,16,17). The van der Waals surface area contributed by atoms with E-state index in [4.69, 9.17) is 11.6 Å². The van der Waals surface area contributed by atoms with Gasteiger partial charge in [0.05, 0.1) is 6.54 Å². The normalized spacial score (nSPS) is 20.1. The molecular weight excluding hydrogens is 264 g/mol. The van der Waals surface area contributed by atoms with E-state index in [1.807, 2.05) is 36.0 Å². The van der Waals surface area contributed by atoms with Crippen LogP contribution in [0.1, 0.15) is 32.3 Å². The highest BCUT2D eigenvalue weighted by Crippen LogP contribution is 2.29. The van der Waals surface area contributed by atoms with E-state index in [2.05, 4.69) is 24.2 Å². The summed E-state index contributed by atoms with van der Waals surface area (Å²) >= 11 is 7.94. The molecule has 0 bridgehead atoms. The molecule has 0 aromatic heterocycles. The van der Waals surface area contributed by atoms with E-state index in [1.54, 1.807) is 0 Å². The van der Waals surface area contributed by atoms with Gasteiger partial charge in [0, 0.05) is 16.3 Å². The van der Waals surface area contributed by atoms with Gasteiger partial charge in [-0.05, 0) is 24.5 Å². The van der Waals surface area contributed by atoms with Crippen LogP contribution in [0.15, 0.2) is 29.3 Å². The van der Waals surface area contributed by atoms with Crippen molar-refractivity contribution in [3.8, 4) is 0 Å². The third-order valence-electron chi connectivity index (χ3n) is 3.56. The highest BCUT2D eigenvalue weighted by Gasteiger charge is 2.33. The van der Waals surface area contributed by atoms with Crippen LogP contribution in [0.25, 0.3) is 0 Å². The summed E-state index contributed by atoms with van der Waals surface area (Å²) in [6, 6.07) is 7.88. The monoisotopic (exact) mass is 282 g/mol. The maximum absolute atomic E-state index is 6.12. The Labute approximate surface area is 118 Å². The van der Waals surface area contributed by atoms with Gasteiger partial charge in [0.2, 0.25) is 0 Å². The van der Waals surface area contributed by atoms with Crippen molar-refractivity contribution in [3.05, 3.63) is 34.9 Å². The van der Waals surface area contributed by atoms with Gasteiger partial charge >= 0.3 is 0 Å². The van der Waals surface area contributed by atoms with Crippen molar-refractivity contribution in [1.82, 2.24) is 5.32 Å². The first kappa shape index (κ1) is 13.8. The van der Waals surface area contributed by atoms with Gasteiger partial charge in [0.15, 0.2) is 5.17 Å². The Bertz CT molecular complexity index is 441. The van der Waals surface area contributed by atoms with Gasteiger partial charge < -0.3 is 5.32 Å². The van der Waals surface area contributed by atoms with E-state index in [1.165, 1.54) is 0 Å². The first-order valence-corrected chi connectivity index (χ1v) is 7.74. The Kier molecular flexibility index (Phi) is 4.57. The van der Waals surface area contributed by atoms with Crippen LogP contribution >= 0.6 is 23.4 Å². The maximum Gasteiger partial charge on any atom is 0.157 e. The van der Waals surface area contributed by atoms with Crippen LogP contribution in [-0.4, -0.2) is 16.5 Å². The number of amidine groups is 1. The lowest BCUT2D eigenvalue weighted by Gasteiger charge is -2.25. The van der Waals surface area contributed by atoms with E-state index in [0.717, 1.165) is 34.3 Å². The largest absolute Gasteiger partial charge is 0.359 e. The Morgan fingerprint density at radius 3 is 2.67 bits per heavy atom. The van der Waals surface area contributed by atoms with Crippen LogP contribution in [-0.2, 0) is 6.54 Å². The number of hydrogen-bond donors (Lipinski definition) is 1. The molecular formula is C14H19ClN2S. The average Bonchev–Trinajstić information content (AvgIpc) is 2.82. The van der Waals surface area contributed by atoms with E-state index in [0.29, 0.717) is 6.54 Å². The van der Waals surface area contributed by atoms with Crippen molar-refractivity contribution in [2.24, 2.45) is 4.99 Å². The number of hydrogen-bond acceptors (Lipinski definition) is 2. The van der Waals surface area contributed by atoms with E-state index < -0.39 is 0 Å². The van der Waals surface area contributed by atoms with E-state index in [9.17, 15) is 0 Å². The van der Waals surface area contributed by atoms with Gasteiger partial charge in [0.1, 0.15) is 0 Å². The number of aliphatic imine (C=N–C) groups is 1. The van der Waals surface area contributed by atoms with Gasteiger partial charge in [-0.1, -0.05) is 55.4 Å². The third kappa shape index (κ3) is 3.01. The van der Waals surface area contributed by atoms with Crippen molar-refractivity contribution in [1.29, 1.82) is 0 Å². The van der Waals surface area contributed by atoms with Gasteiger partial charge in [-0.3, -0.25) is 4.99 Å². The zero-order valence-corrected chi connectivity index (χ0v) is 12.4. The highest BCUT2D eigenvalue weighted by molar-refractivity contribution is 8.14. The fourth-order valence-corrected chi connectivity index (χ4v) is 3.54. The summed E-state index contributed by atoms with van der Waals surface area (Å²) in [5.74, 6) is 1.11. The van der Waals surface area contributed by atoms with Crippen molar-refractivity contribution in [2.45, 2.75) is 38.8 Å². The Morgan fingerprint density at radius 1 is 1.33 bits per heavy atom. The molecule has 0 unspecified atom stereocenters. The first-order chi connectivity index (χ1) is 8.69.